The normalized spacial score (nSPS) is 17.5. The second-order valence-corrected chi connectivity index (χ2v) is 10.7. The number of hydrogen-bond donors (Lipinski definition) is 3. The number of nitrogens with zero attached hydrogens (tertiary/aromatic N) is 1. The predicted octanol–water partition coefficient (Wildman–Crippen LogP) is 1.93. The largest absolute Gasteiger partial charge is 0.373 e. The fourth-order valence-electron chi connectivity index (χ4n) is 3.79. The maximum atomic E-state index is 12.5. The van der Waals surface area contributed by atoms with Crippen LogP contribution in [-0.4, -0.2) is 45.1 Å². The molecular formula is C19H33N4O4S+. The maximum Gasteiger partial charge on any atom is 0.293 e. The Balaban J connectivity index is 2.29. The fourth-order valence-corrected chi connectivity index (χ4v) is 5.23. The Morgan fingerprint density at radius 1 is 1.18 bits per heavy atom. The van der Waals surface area contributed by atoms with Crippen molar-refractivity contribution in [2.75, 3.05) is 26.0 Å². The standard InChI is InChI=1S/C19H32N4O4S/c1-18(2,3)21-28(26,27)15-9-10-16(17(13-15)23(24)25)20-14-19(22(4)5)11-7-6-8-12-19/h9-10,13,20-21H,6-8,11-12,14H2,1-5H3/p+1. The predicted molar refractivity (Wildman–Crippen MR) is 110 cm³/mol. The van der Waals surface area contributed by atoms with Gasteiger partial charge in [-0.15, -0.1) is 0 Å². The number of rotatable bonds is 7. The molecule has 0 radical (unpaired) electrons. The number of anilines is 1. The highest BCUT2D eigenvalue weighted by Gasteiger charge is 2.38. The van der Waals surface area contributed by atoms with E-state index in [-0.39, 0.29) is 16.1 Å². The molecule has 0 heterocycles. The Bertz CT molecular complexity index is 810. The molecule has 2 rings (SSSR count). The summed E-state index contributed by atoms with van der Waals surface area (Å²) < 4.78 is 27.6. The van der Waals surface area contributed by atoms with Gasteiger partial charge in [-0.05, 0) is 45.7 Å². The lowest BCUT2D eigenvalue weighted by atomic mass is 9.80. The highest BCUT2D eigenvalue weighted by Crippen LogP contribution is 2.30. The van der Waals surface area contributed by atoms with Crippen LogP contribution >= 0.6 is 0 Å². The summed E-state index contributed by atoms with van der Waals surface area (Å²) in [5.74, 6) is 0. The third kappa shape index (κ3) is 5.42. The first-order valence-electron chi connectivity index (χ1n) is 9.73. The Hall–Kier alpha value is -1.71. The smallest absolute Gasteiger partial charge is 0.293 e. The van der Waals surface area contributed by atoms with Gasteiger partial charge in [0.05, 0.1) is 30.5 Å². The van der Waals surface area contributed by atoms with E-state index < -0.39 is 20.5 Å². The van der Waals surface area contributed by atoms with E-state index in [1.165, 1.54) is 23.5 Å². The number of benzene rings is 1. The molecule has 1 aliphatic rings. The van der Waals surface area contributed by atoms with Crippen LogP contribution in [-0.2, 0) is 10.0 Å². The van der Waals surface area contributed by atoms with Crippen LogP contribution in [0.5, 0.6) is 0 Å². The van der Waals surface area contributed by atoms with Gasteiger partial charge >= 0.3 is 0 Å². The molecular weight excluding hydrogens is 380 g/mol. The maximum absolute atomic E-state index is 12.5. The zero-order valence-electron chi connectivity index (χ0n) is 17.5. The molecule has 0 saturated heterocycles. The van der Waals surface area contributed by atoms with Gasteiger partial charge in [-0.2, -0.15) is 0 Å². The first kappa shape index (κ1) is 22.6. The van der Waals surface area contributed by atoms with Gasteiger partial charge in [0, 0.05) is 24.4 Å². The molecule has 1 fully saturated rings. The van der Waals surface area contributed by atoms with E-state index >= 15 is 0 Å². The molecule has 0 atom stereocenters. The van der Waals surface area contributed by atoms with Crippen LogP contribution in [0.15, 0.2) is 23.1 Å². The second kappa shape index (κ2) is 8.34. The van der Waals surface area contributed by atoms with E-state index in [9.17, 15) is 18.5 Å². The summed E-state index contributed by atoms with van der Waals surface area (Å²) >= 11 is 0. The summed E-state index contributed by atoms with van der Waals surface area (Å²) in [6, 6.07) is 4.04. The van der Waals surface area contributed by atoms with Crippen molar-refractivity contribution in [1.82, 2.24) is 4.72 Å². The van der Waals surface area contributed by atoms with Crippen molar-refractivity contribution in [2.24, 2.45) is 0 Å². The summed E-state index contributed by atoms with van der Waals surface area (Å²) in [6.45, 7) is 5.79. The SMILES string of the molecule is C[NH+](C)C1(CNc2ccc(S(=O)(=O)NC(C)(C)C)cc2[N+](=O)[O-])CCCCC1. The number of nitro benzene ring substituents is 1. The molecule has 0 amide bonds. The van der Waals surface area contributed by atoms with E-state index in [1.54, 1.807) is 20.8 Å². The Morgan fingerprint density at radius 3 is 2.29 bits per heavy atom. The van der Waals surface area contributed by atoms with Crippen molar-refractivity contribution in [3.05, 3.63) is 28.3 Å². The molecule has 0 spiro atoms. The molecule has 1 aromatic carbocycles. The number of quaternary nitrogens is 1. The molecule has 0 aromatic heterocycles. The first-order valence-corrected chi connectivity index (χ1v) is 11.2. The second-order valence-electron chi connectivity index (χ2n) is 8.99. The summed E-state index contributed by atoms with van der Waals surface area (Å²) in [6.07, 6.45) is 5.67. The van der Waals surface area contributed by atoms with Gasteiger partial charge < -0.3 is 10.2 Å². The van der Waals surface area contributed by atoms with Crippen molar-refractivity contribution in [3.8, 4) is 0 Å². The Labute approximate surface area is 167 Å². The molecule has 158 valence electrons. The third-order valence-corrected chi connectivity index (χ3v) is 7.16. The summed E-state index contributed by atoms with van der Waals surface area (Å²) in [5.41, 5.74) is -0.515. The van der Waals surface area contributed by atoms with Crippen LogP contribution in [0, 0.1) is 10.1 Å². The van der Waals surface area contributed by atoms with Gasteiger partial charge in [0.15, 0.2) is 0 Å². The van der Waals surface area contributed by atoms with Crippen LogP contribution in [0.2, 0.25) is 0 Å². The minimum atomic E-state index is -3.84. The Morgan fingerprint density at radius 2 is 1.79 bits per heavy atom. The van der Waals surface area contributed by atoms with Crippen LogP contribution in [0.1, 0.15) is 52.9 Å². The molecule has 1 aromatic rings. The zero-order valence-corrected chi connectivity index (χ0v) is 18.3. The minimum absolute atomic E-state index is 0.0324. The lowest BCUT2D eigenvalue weighted by Gasteiger charge is -2.40. The van der Waals surface area contributed by atoms with Gasteiger partial charge in [-0.1, -0.05) is 6.42 Å². The number of sulfonamides is 1. The fraction of sp³-hybridized carbons (Fsp3) is 0.684. The molecule has 1 aliphatic carbocycles. The van der Waals surface area contributed by atoms with Gasteiger partial charge in [0.2, 0.25) is 10.0 Å². The zero-order chi connectivity index (χ0) is 21.2. The minimum Gasteiger partial charge on any atom is -0.373 e. The molecule has 3 N–H and O–H groups in total. The van der Waals surface area contributed by atoms with Crippen LogP contribution < -0.4 is 14.9 Å². The first-order chi connectivity index (χ1) is 12.9. The number of hydrogen-bond acceptors (Lipinski definition) is 5. The van der Waals surface area contributed by atoms with Crippen molar-refractivity contribution >= 4 is 21.4 Å². The van der Waals surface area contributed by atoms with Crippen molar-refractivity contribution < 1.29 is 18.2 Å². The average Bonchev–Trinajstić information content (AvgIpc) is 2.58. The lowest BCUT2D eigenvalue weighted by molar-refractivity contribution is -0.915. The molecule has 28 heavy (non-hydrogen) atoms. The number of nitro groups is 1. The lowest BCUT2D eigenvalue weighted by Crippen LogP contribution is -3.16. The van der Waals surface area contributed by atoms with E-state index in [4.69, 9.17) is 0 Å². The number of likely N-dealkylation sites (N-methyl/N-ethyl adjacent to an activating group) is 1. The number of nitrogens with one attached hydrogen (secondary N) is 3. The van der Waals surface area contributed by atoms with Crippen molar-refractivity contribution in [2.45, 2.75) is 68.8 Å². The van der Waals surface area contributed by atoms with Crippen LogP contribution in [0.25, 0.3) is 0 Å². The molecule has 0 unspecified atom stereocenters. The Kier molecular flexibility index (Phi) is 6.73. The van der Waals surface area contributed by atoms with E-state index in [2.05, 4.69) is 24.1 Å². The molecule has 0 bridgehead atoms. The van der Waals surface area contributed by atoms with Gasteiger partial charge in [0.1, 0.15) is 11.2 Å². The van der Waals surface area contributed by atoms with Crippen LogP contribution in [0.4, 0.5) is 11.4 Å². The van der Waals surface area contributed by atoms with Gasteiger partial charge in [-0.25, -0.2) is 13.1 Å². The summed E-state index contributed by atoms with van der Waals surface area (Å²) in [4.78, 5) is 12.3. The average molecular weight is 414 g/mol. The van der Waals surface area contributed by atoms with Crippen molar-refractivity contribution in [1.29, 1.82) is 0 Å². The quantitative estimate of drug-likeness (QED) is 0.468. The van der Waals surface area contributed by atoms with E-state index in [0.29, 0.717) is 12.2 Å². The van der Waals surface area contributed by atoms with Gasteiger partial charge in [0.25, 0.3) is 5.69 Å². The van der Waals surface area contributed by atoms with Gasteiger partial charge in [-0.3, -0.25) is 10.1 Å². The van der Waals surface area contributed by atoms with E-state index in [1.807, 2.05) is 0 Å². The monoisotopic (exact) mass is 413 g/mol. The molecule has 0 aliphatic heterocycles. The van der Waals surface area contributed by atoms with Crippen molar-refractivity contribution in [3.63, 3.8) is 0 Å². The highest BCUT2D eigenvalue weighted by atomic mass is 32.2. The molecule has 9 heteroatoms. The topological polar surface area (TPSA) is 106 Å². The highest BCUT2D eigenvalue weighted by molar-refractivity contribution is 7.89. The molecule has 1 saturated carbocycles. The summed E-state index contributed by atoms with van der Waals surface area (Å²) in [7, 11) is 0.403. The third-order valence-electron chi connectivity index (χ3n) is 5.41. The molecule has 8 nitrogen and oxygen atoms in total. The van der Waals surface area contributed by atoms with Crippen LogP contribution in [0.3, 0.4) is 0 Å². The van der Waals surface area contributed by atoms with E-state index in [0.717, 1.165) is 31.7 Å². The summed E-state index contributed by atoms with van der Waals surface area (Å²) in [5, 5.41) is 14.8.